The Morgan fingerprint density at radius 1 is 0.468 bits per heavy atom. The lowest BCUT2D eigenvalue weighted by Gasteiger charge is -2.28. The van der Waals surface area contributed by atoms with Gasteiger partial charge in [-0.05, 0) is 128 Å². The number of carbonyl (C=O) groups excluding carboxylic acids is 10. The molecule has 0 spiro atoms. The van der Waals surface area contributed by atoms with Gasteiger partial charge in [0.05, 0.1) is 12.6 Å². The van der Waals surface area contributed by atoms with Crippen LogP contribution in [0.3, 0.4) is 0 Å². The zero-order chi connectivity index (χ0) is 60.2. The number of primary amides is 1. The molecule has 25 N–H and O–H groups in total. The molecule has 0 aromatic rings. The van der Waals surface area contributed by atoms with E-state index in [1.807, 2.05) is 0 Å². The second-order valence-electron chi connectivity index (χ2n) is 19.3. The molecule has 0 unspecified atom stereocenters. The number of amides is 10. The third kappa shape index (κ3) is 30.5. The fraction of sp³-hybridized carbons (Fsp3) is 0.750. The number of carbonyl (C=O) groups is 11. The molecular weight excluding hydrogens is 1050 g/mol. The van der Waals surface area contributed by atoms with Crippen LogP contribution in [0, 0.1) is 5.92 Å². The van der Waals surface area contributed by atoms with Crippen LogP contribution in [0.25, 0.3) is 0 Å². The number of aliphatic hydroxyl groups is 1. The van der Waals surface area contributed by atoms with Crippen molar-refractivity contribution >= 4 is 82.8 Å². The third-order valence-corrected chi connectivity index (χ3v) is 12.8. The van der Waals surface area contributed by atoms with E-state index in [-0.39, 0.29) is 70.5 Å². The Bertz CT molecular complexity index is 2000. The molecule has 79 heavy (non-hydrogen) atoms. The van der Waals surface area contributed by atoms with Gasteiger partial charge in [-0.25, -0.2) is 4.79 Å². The number of rotatable bonds is 43. The molecule has 0 saturated carbocycles. The summed E-state index contributed by atoms with van der Waals surface area (Å²) in [4.78, 5) is 149. The highest BCUT2D eigenvalue weighted by molar-refractivity contribution is 7.98. The van der Waals surface area contributed by atoms with Crippen LogP contribution in [0.1, 0.15) is 118 Å². The minimum absolute atomic E-state index is 0.0117. The van der Waals surface area contributed by atoms with Gasteiger partial charge in [-0.3, -0.25) is 52.9 Å². The van der Waals surface area contributed by atoms with Gasteiger partial charge in [-0.1, -0.05) is 20.3 Å². The Labute approximate surface area is 466 Å². The van der Waals surface area contributed by atoms with Crippen molar-refractivity contribution in [3.8, 4) is 0 Å². The summed E-state index contributed by atoms with van der Waals surface area (Å²) >= 11 is 1.40. The lowest BCUT2D eigenvalue weighted by Crippen LogP contribution is -2.61. The van der Waals surface area contributed by atoms with Gasteiger partial charge in [0.1, 0.15) is 54.4 Å². The first kappa shape index (κ1) is 72.6. The highest BCUT2D eigenvalue weighted by Crippen LogP contribution is 2.11. The van der Waals surface area contributed by atoms with Crippen LogP contribution in [0.5, 0.6) is 0 Å². The summed E-state index contributed by atoms with van der Waals surface area (Å²) in [7, 11) is 0. The largest absolute Gasteiger partial charge is 0.480 e. The van der Waals surface area contributed by atoms with E-state index in [1.54, 1.807) is 20.1 Å². The Hall–Kier alpha value is -6.41. The van der Waals surface area contributed by atoms with Crippen LogP contribution in [0.15, 0.2) is 4.99 Å². The standard InChI is InChI=1S/C48H91N17O13S/c1-26(2)37(46(76)58-28(4)38(68)59-30(14-7-10-21-50)42(72)64-35(25-66)45(75)57-27(3)39(69)63-34(47(77)78)17-18-36(53)67)65-44(74)31(15-8-11-22-51)61-43(73)33(19-24-79-5)62-41(71)32(16-12-23-56-48(54)55)60-40(70)29(52)13-6-9-20-49/h26-35,37,66H,6-25,49-52H2,1-5H3,(H2,53,67)(H,57,75)(H,58,76)(H,59,68)(H,60,70)(H,61,73)(H,62,71)(H,63,69)(H,64,72)(H,65,74)(H,77,78)(H4,54,55,56)/t27-,28-,29-,30-,31-,32-,33-,34-,35-,37-/m0/s1. The molecule has 452 valence electrons. The summed E-state index contributed by atoms with van der Waals surface area (Å²) in [5.41, 5.74) is 39.1. The minimum atomic E-state index is -1.66. The third-order valence-electron chi connectivity index (χ3n) is 12.1. The van der Waals surface area contributed by atoms with Gasteiger partial charge in [-0.2, -0.15) is 11.8 Å². The lowest BCUT2D eigenvalue weighted by atomic mass is 10.0. The van der Waals surface area contributed by atoms with E-state index in [0.29, 0.717) is 57.2 Å². The number of aliphatic hydroxyl groups excluding tert-OH is 1. The molecule has 0 rings (SSSR count). The molecule has 0 fully saturated rings. The Morgan fingerprint density at radius 2 is 0.861 bits per heavy atom. The van der Waals surface area contributed by atoms with Crippen LogP contribution in [-0.4, -0.2) is 186 Å². The fourth-order valence-electron chi connectivity index (χ4n) is 7.40. The van der Waals surface area contributed by atoms with Gasteiger partial charge in [-0.15, -0.1) is 0 Å². The molecular formula is C48H91N17O13S. The van der Waals surface area contributed by atoms with E-state index >= 15 is 0 Å². The predicted molar refractivity (Wildman–Crippen MR) is 296 cm³/mol. The fourth-order valence-corrected chi connectivity index (χ4v) is 7.88. The van der Waals surface area contributed by atoms with Gasteiger partial charge < -0.3 is 98.2 Å². The second-order valence-corrected chi connectivity index (χ2v) is 20.3. The van der Waals surface area contributed by atoms with Crippen molar-refractivity contribution in [2.75, 3.05) is 44.8 Å². The molecule has 30 nitrogen and oxygen atoms in total. The van der Waals surface area contributed by atoms with Crippen molar-refractivity contribution in [2.45, 2.75) is 178 Å². The smallest absolute Gasteiger partial charge is 0.326 e. The quantitative estimate of drug-likeness (QED) is 0.0153. The molecule has 0 heterocycles. The van der Waals surface area contributed by atoms with Crippen LogP contribution in [-0.2, 0) is 52.7 Å². The number of nitrogens with one attached hydrogen (secondary N) is 9. The zero-order valence-corrected chi connectivity index (χ0v) is 47.1. The maximum Gasteiger partial charge on any atom is 0.326 e. The summed E-state index contributed by atoms with van der Waals surface area (Å²) in [6.07, 6.45) is 4.78. The first-order chi connectivity index (χ1) is 37.3. The lowest BCUT2D eigenvalue weighted by molar-refractivity contribution is -0.142. The molecule has 0 bridgehead atoms. The van der Waals surface area contributed by atoms with Crippen molar-refractivity contribution < 1.29 is 63.0 Å². The molecule has 0 saturated heterocycles. The molecule has 10 amide bonds. The van der Waals surface area contributed by atoms with Crippen molar-refractivity contribution in [3.05, 3.63) is 0 Å². The number of nitrogens with two attached hydrogens (primary N) is 7. The topological polar surface area (TPSA) is 531 Å². The Morgan fingerprint density at radius 3 is 1.29 bits per heavy atom. The number of unbranched alkanes of at least 4 members (excludes halogenated alkanes) is 3. The van der Waals surface area contributed by atoms with E-state index in [0.717, 1.165) is 0 Å². The maximum absolute atomic E-state index is 14.1. The summed E-state index contributed by atoms with van der Waals surface area (Å²) in [5.74, 6) is -9.99. The number of guanidine groups is 1. The van der Waals surface area contributed by atoms with Gasteiger partial charge in [0.25, 0.3) is 0 Å². The molecule has 0 aromatic heterocycles. The molecule has 0 aliphatic rings. The van der Waals surface area contributed by atoms with Gasteiger partial charge in [0, 0.05) is 13.0 Å². The van der Waals surface area contributed by atoms with E-state index < -0.39 is 138 Å². The maximum atomic E-state index is 14.1. The highest BCUT2D eigenvalue weighted by atomic mass is 32.2. The second kappa shape index (κ2) is 40.7. The van der Waals surface area contributed by atoms with Crippen molar-refractivity contribution in [1.29, 1.82) is 0 Å². The Kier molecular flexibility index (Phi) is 37.4. The van der Waals surface area contributed by atoms with Gasteiger partial charge in [0.15, 0.2) is 5.96 Å². The zero-order valence-electron chi connectivity index (χ0n) is 46.3. The van der Waals surface area contributed by atoms with E-state index in [9.17, 15) is 63.0 Å². The molecule has 31 heteroatoms. The van der Waals surface area contributed by atoms with E-state index in [1.165, 1.54) is 25.6 Å². The van der Waals surface area contributed by atoms with Crippen LogP contribution < -0.4 is 88.0 Å². The van der Waals surface area contributed by atoms with E-state index in [2.05, 4.69) is 52.8 Å². The molecule has 0 aliphatic heterocycles. The summed E-state index contributed by atoms with van der Waals surface area (Å²) in [5, 5.41) is 42.1. The molecule has 10 atom stereocenters. The number of carboxylic acid groups (broad SMARTS) is 1. The summed E-state index contributed by atoms with van der Waals surface area (Å²) in [6.45, 7) is 5.87. The number of carboxylic acids is 1. The highest BCUT2D eigenvalue weighted by Gasteiger charge is 2.35. The number of aliphatic carboxylic acids is 1. The number of hydrogen-bond donors (Lipinski definition) is 18. The monoisotopic (exact) mass is 1150 g/mol. The normalized spacial score (nSPS) is 14.9. The van der Waals surface area contributed by atoms with Crippen LogP contribution in [0.2, 0.25) is 0 Å². The van der Waals surface area contributed by atoms with Crippen molar-refractivity contribution in [1.82, 2.24) is 47.9 Å². The van der Waals surface area contributed by atoms with Crippen molar-refractivity contribution in [2.24, 2.45) is 51.0 Å². The average molecular weight is 1150 g/mol. The van der Waals surface area contributed by atoms with Crippen molar-refractivity contribution in [3.63, 3.8) is 0 Å². The molecule has 0 radical (unpaired) electrons. The molecule has 0 aromatic carbocycles. The minimum Gasteiger partial charge on any atom is -0.480 e. The van der Waals surface area contributed by atoms with Crippen LogP contribution >= 0.6 is 11.8 Å². The number of nitrogens with zero attached hydrogens (tertiary/aromatic N) is 1. The SMILES string of the molecule is CSCC[C@H](NC(=O)[C@H](CCCN=C(N)N)NC(=O)[C@@H](N)CCCCN)C(=O)N[C@@H](CCCCN)C(=O)N[C@H](C(=O)N[C@@H](C)C(=O)N[C@@H](CCCCN)C(=O)N[C@@H](CO)C(=O)N[C@@H](C)C(=O)N[C@@H](CCC(N)=O)C(=O)O)C(C)C. The summed E-state index contributed by atoms with van der Waals surface area (Å²) < 4.78 is 0. The first-order valence-electron chi connectivity index (χ1n) is 26.5. The van der Waals surface area contributed by atoms with Gasteiger partial charge in [0.2, 0.25) is 59.1 Å². The number of thioether (sulfide) groups is 1. The number of aliphatic imine (C=N–C) groups is 1. The molecule has 0 aliphatic carbocycles. The average Bonchev–Trinajstić information content (AvgIpc) is 3.38. The Balaban J connectivity index is 6.31. The van der Waals surface area contributed by atoms with Crippen LogP contribution in [0.4, 0.5) is 0 Å². The number of hydrogen-bond acceptors (Lipinski definition) is 18. The van der Waals surface area contributed by atoms with E-state index in [4.69, 9.17) is 40.1 Å². The van der Waals surface area contributed by atoms with Gasteiger partial charge >= 0.3 is 5.97 Å². The first-order valence-corrected chi connectivity index (χ1v) is 27.9. The summed E-state index contributed by atoms with van der Waals surface area (Å²) in [6, 6.07) is -13.0. The predicted octanol–water partition coefficient (Wildman–Crippen LogP) is -6.09.